The fraction of sp³-hybridized carbons (Fsp3) is 0.400. The maximum Gasteiger partial charge on any atom is 0.213 e. The van der Waals surface area contributed by atoms with Gasteiger partial charge in [-0.2, -0.15) is 10.5 Å². The summed E-state index contributed by atoms with van der Waals surface area (Å²) in [5.41, 5.74) is 3.30. The van der Waals surface area contributed by atoms with Gasteiger partial charge in [0.1, 0.15) is 29.7 Å². The van der Waals surface area contributed by atoms with Gasteiger partial charge in [0, 0.05) is 37.5 Å². The van der Waals surface area contributed by atoms with E-state index in [0.29, 0.717) is 43.6 Å². The van der Waals surface area contributed by atoms with Crippen LogP contribution < -0.4 is 10.1 Å². The van der Waals surface area contributed by atoms with E-state index in [9.17, 15) is 5.26 Å². The van der Waals surface area contributed by atoms with Crippen molar-refractivity contribution in [2.75, 3.05) is 31.6 Å². The van der Waals surface area contributed by atoms with Crippen LogP contribution >= 0.6 is 11.6 Å². The quantitative estimate of drug-likeness (QED) is 0.570. The van der Waals surface area contributed by atoms with Crippen molar-refractivity contribution in [1.29, 1.82) is 10.5 Å². The number of nitrogens with one attached hydrogen (secondary N) is 1. The smallest absolute Gasteiger partial charge is 0.213 e. The van der Waals surface area contributed by atoms with Gasteiger partial charge in [0.2, 0.25) is 5.88 Å². The molecule has 29 heavy (non-hydrogen) atoms. The Balaban J connectivity index is 1.48. The standard InChI is InChI=1S/C20H19ClN6O2/c21-19-16(7-23)17-10-27(6-3-15(17)20(26-19)24-5-4-22)9-13-1-2-18(25-8-13)29-14-11-28-12-14/h1-2,8,14H,3,5-6,9-12H2,(H,24,26). The summed E-state index contributed by atoms with van der Waals surface area (Å²) >= 11 is 6.22. The molecule has 2 aromatic heterocycles. The maximum atomic E-state index is 9.55. The lowest BCUT2D eigenvalue weighted by atomic mass is 9.96. The van der Waals surface area contributed by atoms with Crippen LogP contribution in [0.4, 0.5) is 5.82 Å². The molecule has 0 aliphatic carbocycles. The third-order valence-corrected chi connectivity index (χ3v) is 5.25. The second-order valence-corrected chi connectivity index (χ2v) is 7.31. The van der Waals surface area contributed by atoms with Crippen LogP contribution in [0, 0.1) is 22.7 Å². The number of hydrogen-bond donors (Lipinski definition) is 1. The molecule has 0 atom stereocenters. The van der Waals surface area contributed by atoms with E-state index in [0.717, 1.165) is 29.7 Å². The molecule has 4 heterocycles. The van der Waals surface area contributed by atoms with Gasteiger partial charge in [0.05, 0.1) is 24.8 Å². The van der Waals surface area contributed by atoms with Crippen molar-refractivity contribution in [2.45, 2.75) is 25.6 Å². The molecule has 0 unspecified atom stereocenters. The van der Waals surface area contributed by atoms with Crippen molar-refractivity contribution in [3.05, 3.63) is 45.7 Å². The largest absolute Gasteiger partial charge is 0.469 e. The monoisotopic (exact) mass is 410 g/mol. The lowest BCUT2D eigenvalue weighted by Gasteiger charge is -2.30. The highest BCUT2D eigenvalue weighted by Gasteiger charge is 2.25. The number of rotatable bonds is 6. The first kappa shape index (κ1) is 19.4. The van der Waals surface area contributed by atoms with E-state index < -0.39 is 0 Å². The van der Waals surface area contributed by atoms with Gasteiger partial charge in [-0.25, -0.2) is 9.97 Å². The van der Waals surface area contributed by atoms with Crippen molar-refractivity contribution in [2.24, 2.45) is 0 Å². The van der Waals surface area contributed by atoms with E-state index in [1.54, 1.807) is 0 Å². The highest BCUT2D eigenvalue weighted by Crippen LogP contribution is 2.32. The minimum absolute atomic E-state index is 0.0959. The van der Waals surface area contributed by atoms with Gasteiger partial charge in [-0.1, -0.05) is 17.7 Å². The van der Waals surface area contributed by atoms with Crippen molar-refractivity contribution in [3.63, 3.8) is 0 Å². The Morgan fingerprint density at radius 1 is 1.31 bits per heavy atom. The summed E-state index contributed by atoms with van der Waals surface area (Å²) in [6.45, 7) is 3.45. The second kappa shape index (κ2) is 8.62. The molecule has 2 aliphatic rings. The molecule has 4 rings (SSSR count). The minimum Gasteiger partial charge on any atom is -0.469 e. The van der Waals surface area contributed by atoms with Gasteiger partial charge in [0.15, 0.2) is 0 Å². The molecule has 1 saturated heterocycles. The number of hydrogen-bond acceptors (Lipinski definition) is 8. The Labute approximate surface area is 173 Å². The van der Waals surface area contributed by atoms with Crippen LogP contribution in [0.1, 0.15) is 22.3 Å². The van der Waals surface area contributed by atoms with Gasteiger partial charge in [-0.05, 0) is 17.5 Å². The average molecular weight is 411 g/mol. The fourth-order valence-electron chi connectivity index (χ4n) is 3.46. The highest BCUT2D eigenvalue weighted by atomic mass is 35.5. The van der Waals surface area contributed by atoms with Gasteiger partial charge in [-0.3, -0.25) is 4.90 Å². The van der Waals surface area contributed by atoms with Crippen LogP contribution in [-0.2, 0) is 24.2 Å². The highest BCUT2D eigenvalue weighted by molar-refractivity contribution is 6.30. The fourth-order valence-corrected chi connectivity index (χ4v) is 3.70. The third-order valence-electron chi connectivity index (χ3n) is 4.97. The molecular formula is C20H19ClN6O2. The van der Waals surface area contributed by atoms with Crippen molar-refractivity contribution in [1.82, 2.24) is 14.9 Å². The van der Waals surface area contributed by atoms with Gasteiger partial charge in [-0.15, -0.1) is 0 Å². The number of anilines is 1. The van der Waals surface area contributed by atoms with E-state index in [-0.39, 0.29) is 17.8 Å². The van der Waals surface area contributed by atoms with Crippen LogP contribution in [0.5, 0.6) is 5.88 Å². The molecule has 148 valence electrons. The van der Waals surface area contributed by atoms with Crippen LogP contribution in [-0.4, -0.2) is 47.3 Å². The van der Waals surface area contributed by atoms with Crippen molar-refractivity contribution >= 4 is 17.4 Å². The molecule has 0 spiro atoms. The number of pyridine rings is 2. The van der Waals surface area contributed by atoms with Crippen LogP contribution in [0.2, 0.25) is 5.15 Å². The SMILES string of the molecule is N#CCNc1nc(Cl)c(C#N)c2c1CCN(Cc1ccc(OC3COC3)nc1)C2. The topological polar surface area (TPSA) is 107 Å². The molecule has 0 aromatic carbocycles. The van der Waals surface area contributed by atoms with Gasteiger partial charge in [0.25, 0.3) is 0 Å². The van der Waals surface area contributed by atoms with Gasteiger partial charge >= 0.3 is 0 Å². The maximum absolute atomic E-state index is 9.55. The summed E-state index contributed by atoms with van der Waals surface area (Å²) in [5, 5.41) is 21.5. The van der Waals surface area contributed by atoms with Crippen LogP contribution in [0.15, 0.2) is 18.3 Å². The van der Waals surface area contributed by atoms with E-state index in [2.05, 4.69) is 26.3 Å². The lowest BCUT2D eigenvalue weighted by Crippen LogP contribution is -2.38. The second-order valence-electron chi connectivity index (χ2n) is 6.95. The van der Waals surface area contributed by atoms with Crippen molar-refractivity contribution in [3.8, 4) is 18.0 Å². The zero-order valence-corrected chi connectivity index (χ0v) is 16.4. The third kappa shape index (κ3) is 4.25. The predicted molar refractivity (Wildman–Crippen MR) is 105 cm³/mol. The molecular weight excluding hydrogens is 392 g/mol. The number of ether oxygens (including phenoxy) is 2. The Morgan fingerprint density at radius 3 is 2.83 bits per heavy atom. The number of fused-ring (bicyclic) bond motifs is 1. The molecule has 0 saturated carbocycles. The first-order chi connectivity index (χ1) is 14.2. The summed E-state index contributed by atoms with van der Waals surface area (Å²) in [5.74, 6) is 1.19. The normalized spacial score (nSPS) is 16.2. The molecule has 1 fully saturated rings. The molecule has 2 aliphatic heterocycles. The summed E-state index contributed by atoms with van der Waals surface area (Å²) in [6.07, 6.45) is 2.63. The van der Waals surface area contributed by atoms with Crippen molar-refractivity contribution < 1.29 is 9.47 Å². The molecule has 9 heteroatoms. The number of aromatic nitrogens is 2. The van der Waals surface area contributed by atoms with E-state index in [4.69, 9.17) is 26.3 Å². The molecule has 1 N–H and O–H groups in total. The van der Waals surface area contributed by atoms with E-state index >= 15 is 0 Å². The molecule has 2 aromatic rings. The summed E-state index contributed by atoms with van der Waals surface area (Å²) in [7, 11) is 0. The van der Waals surface area contributed by atoms with Gasteiger partial charge < -0.3 is 14.8 Å². The Kier molecular flexibility index (Phi) is 5.77. The van der Waals surface area contributed by atoms with E-state index in [1.165, 1.54) is 0 Å². The number of nitrogens with zero attached hydrogens (tertiary/aromatic N) is 5. The number of nitriles is 2. The minimum atomic E-state index is 0.0959. The molecule has 8 nitrogen and oxygen atoms in total. The number of halogens is 1. The first-order valence-corrected chi connectivity index (χ1v) is 9.69. The zero-order valence-electron chi connectivity index (χ0n) is 15.7. The zero-order chi connectivity index (χ0) is 20.2. The Hall–Kier alpha value is -2.91. The average Bonchev–Trinajstić information content (AvgIpc) is 2.70. The Morgan fingerprint density at radius 2 is 2.17 bits per heavy atom. The summed E-state index contributed by atoms with van der Waals surface area (Å²) in [4.78, 5) is 10.9. The molecule has 0 bridgehead atoms. The van der Waals surface area contributed by atoms with Crippen LogP contribution in [0.25, 0.3) is 0 Å². The first-order valence-electron chi connectivity index (χ1n) is 9.31. The molecule has 0 radical (unpaired) electrons. The predicted octanol–water partition coefficient (Wildman–Crippen LogP) is 2.27. The summed E-state index contributed by atoms with van der Waals surface area (Å²) in [6, 6.07) is 8.09. The van der Waals surface area contributed by atoms with E-state index in [1.807, 2.05) is 24.4 Å². The Bertz CT molecular complexity index is 978. The van der Waals surface area contributed by atoms with Crippen LogP contribution in [0.3, 0.4) is 0 Å². The lowest BCUT2D eigenvalue weighted by molar-refractivity contribution is -0.0813. The summed E-state index contributed by atoms with van der Waals surface area (Å²) < 4.78 is 10.8. The molecule has 0 amide bonds.